The third-order valence-corrected chi connectivity index (χ3v) is 1.56. The smallest absolute Gasteiger partial charge is 0.0924 e. The molecule has 52 valence electrons. The number of nitrogens with one attached hydrogen (secondary N) is 1. The van der Waals surface area contributed by atoms with Gasteiger partial charge in [0.15, 0.2) is 0 Å². The fourth-order valence-electron chi connectivity index (χ4n) is 0.423. The molecule has 0 fully saturated rings. The Morgan fingerprint density at radius 1 is 1.78 bits per heavy atom. The molecule has 0 saturated carbocycles. The van der Waals surface area contributed by atoms with Crippen LogP contribution >= 0.6 is 11.8 Å². The molecule has 0 amide bonds. The highest BCUT2D eigenvalue weighted by Gasteiger charge is 1.93. The Morgan fingerprint density at radius 3 is 2.89 bits per heavy atom. The minimum Gasteiger partial charge on any atom is -0.301 e. The molecular weight excluding hydrogens is 132 g/mol. The minimum atomic E-state index is -0.00264. The summed E-state index contributed by atoms with van der Waals surface area (Å²) in [5.74, 6) is 1.08. The van der Waals surface area contributed by atoms with Crippen molar-refractivity contribution in [3.8, 4) is 6.07 Å². The molecule has 2 nitrogen and oxygen atoms in total. The maximum atomic E-state index is 8.31. The zero-order valence-corrected chi connectivity index (χ0v) is 6.66. The van der Waals surface area contributed by atoms with Gasteiger partial charge in [0.2, 0.25) is 0 Å². The third-order valence-electron chi connectivity index (χ3n) is 0.950. The summed E-state index contributed by atoms with van der Waals surface area (Å²) in [7, 11) is 0. The van der Waals surface area contributed by atoms with E-state index in [4.69, 9.17) is 5.26 Å². The summed E-state index contributed by atoms with van der Waals surface area (Å²) in [6.07, 6.45) is 2.05. The first-order valence-electron chi connectivity index (χ1n) is 2.93. The first kappa shape index (κ1) is 8.80. The van der Waals surface area contributed by atoms with Crippen molar-refractivity contribution in [2.24, 2.45) is 0 Å². The van der Waals surface area contributed by atoms with Gasteiger partial charge in [0.05, 0.1) is 12.1 Å². The van der Waals surface area contributed by atoms with Crippen molar-refractivity contribution >= 4 is 11.8 Å². The Hall–Kier alpha value is -0.200. The zero-order chi connectivity index (χ0) is 7.11. The van der Waals surface area contributed by atoms with Crippen molar-refractivity contribution in [3.63, 3.8) is 0 Å². The number of hydrogen-bond donors (Lipinski definition) is 1. The van der Waals surface area contributed by atoms with Crippen LogP contribution in [0, 0.1) is 11.3 Å². The molecule has 0 aromatic heterocycles. The zero-order valence-electron chi connectivity index (χ0n) is 5.85. The lowest BCUT2D eigenvalue weighted by Gasteiger charge is -2.02. The van der Waals surface area contributed by atoms with Crippen molar-refractivity contribution in [2.45, 2.75) is 13.0 Å². The molecule has 0 saturated heterocycles. The first-order chi connectivity index (χ1) is 4.31. The molecule has 0 aliphatic rings. The van der Waals surface area contributed by atoms with Crippen LogP contribution in [0.5, 0.6) is 0 Å². The largest absolute Gasteiger partial charge is 0.301 e. The lowest BCUT2D eigenvalue weighted by atomic mass is 10.4. The van der Waals surface area contributed by atoms with Crippen LogP contribution in [0.1, 0.15) is 6.92 Å². The maximum Gasteiger partial charge on any atom is 0.0924 e. The average Bonchev–Trinajstić information content (AvgIpc) is 1.89. The normalized spacial score (nSPS) is 12.6. The number of nitriles is 1. The number of rotatable bonds is 4. The number of hydrogen-bond acceptors (Lipinski definition) is 3. The SMILES string of the molecule is CSCCNC(C)C#N. The average molecular weight is 144 g/mol. The Balaban J connectivity index is 2.99. The molecule has 0 spiro atoms. The Labute approximate surface area is 60.6 Å². The fraction of sp³-hybridized carbons (Fsp3) is 0.833. The first-order valence-corrected chi connectivity index (χ1v) is 4.32. The maximum absolute atomic E-state index is 8.31. The van der Waals surface area contributed by atoms with E-state index < -0.39 is 0 Å². The Morgan fingerprint density at radius 2 is 2.44 bits per heavy atom. The molecule has 1 atom stereocenters. The summed E-state index contributed by atoms with van der Waals surface area (Å²) in [6.45, 7) is 2.79. The Kier molecular flexibility index (Phi) is 5.80. The highest BCUT2D eigenvalue weighted by atomic mass is 32.2. The van der Waals surface area contributed by atoms with Crippen molar-refractivity contribution < 1.29 is 0 Å². The number of thioether (sulfide) groups is 1. The topological polar surface area (TPSA) is 35.8 Å². The van der Waals surface area contributed by atoms with Crippen LogP contribution in [0.3, 0.4) is 0 Å². The van der Waals surface area contributed by atoms with Crippen LogP contribution in [0.25, 0.3) is 0 Å². The predicted octanol–water partition coefficient (Wildman–Crippen LogP) is 0.851. The fourth-order valence-corrected chi connectivity index (χ4v) is 0.745. The highest BCUT2D eigenvalue weighted by molar-refractivity contribution is 7.98. The van der Waals surface area contributed by atoms with E-state index in [1.54, 1.807) is 11.8 Å². The van der Waals surface area contributed by atoms with E-state index in [2.05, 4.69) is 17.6 Å². The molecule has 0 bridgehead atoms. The van der Waals surface area contributed by atoms with E-state index in [-0.39, 0.29) is 6.04 Å². The van der Waals surface area contributed by atoms with Crippen molar-refractivity contribution in [1.29, 1.82) is 5.26 Å². The lowest BCUT2D eigenvalue weighted by Crippen LogP contribution is -2.26. The van der Waals surface area contributed by atoms with Crippen LogP contribution < -0.4 is 5.32 Å². The van der Waals surface area contributed by atoms with Crippen LogP contribution in [0.15, 0.2) is 0 Å². The number of nitrogens with zero attached hydrogens (tertiary/aromatic N) is 1. The molecule has 1 N–H and O–H groups in total. The second kappa shape index (κ2) is 5.93. The van der Waals surface area contributed by atoms with Gasteiger partial charge in [0, 0.05) is 12.3 Å². The van der Waals surface area contributed by atoms with Crippen molar-refractivity contribution in [2.75, 3.05) is 18.6 Å². The van der Waals surface area contributed by atoms with Crippen molar-refractivity contribution in [1.82, 2.24) is 5.32 Å². The second-order valence-electron chi connectivity index (χ2n) is 1.80. The molecule has 0 aromatic rings. The molecule has 3 heteroatoms. The summed E-state index contributed by atoms with van der Waals surface area (Å²) < 4.78 is 0. The summed E-state index contributed by atoms with van der Waals surface area (Å²) >= 11 is 1.78. The van der Waals surface area contributed by atoms with Crippen LogP contribution in [0.2, 0.25) is 0 Å². The monoisotopic (exact) mass is 144 g/mol. The van der Waals surface area contributed by atoms with Gasteiger partial charge in [-0.25, -0.2) is 0 Å². The minimum absolute atomic E-state index is 0.00264. The lowest BCUT2D eigenvalue weighted by molar-refractivity contribution is 0.675. The van der Waals surface area contributed by atoms with Gasteiger partial charge >= 0.3 is 0 Å². The molecule has 0 aliphatic heterocycles. The van der Waals surface area contributed by atoms with E-state index >= 15 is 0 Å². The van der Waals surface area contributed by atoms with E-state index in [0.717, 1.165) is 12.3 Å². The molecular formula is C6H12N2S. The summed E-state index contributed by atoms with van der Waals surface area (Å²) in [5, 5.41) is 11.4. The van der Waals surface area contributed by atoms with Gasteiger partial charge < -0.3 is 5.32 Å². The highest BCUT2D eigenvalue weighted by Crippen LogP contribution is 1.87. The van der Waals surface area contributed by atoms with Gasteiger partial charge in [-0.1, -0.05) is 0 Å². The van der Waals surface area contributed by atoms with Crippen LogP contribution in [-0.4, -0.2) is 24.6 Å². The molecule has 0 radical (unpaired) electrons. The van der Waals surface area contributed by atoms with Gasteiger partial charge in [0.1, 0.15) is 0 Å². The van der Waals surface area contributed by atoms with Crippen LogP contribution in [-0.2, 0) is 0 Å². The summed E-state index contributed by atoms with van der Waals surface area (Å²) in [6, 6.07) is 2.10. The summed E-state index contributed by atoms with van der Waals surface area (Å²) in [4.78, 5) is 0. The third kappa shape index (κ3) is 5.67. The van der Waals surface area contributed by atoms with Gasteiger partial charge in [0.25, 0.3) is 0 Å². The quantitative estimate of drug-likeness (QED) is 0.594. The second-order valence-corrected chi connectivity index (χ2v) is 2.78. The Bertz CT molecular complexity index is 97.7. The van der Waals surface area contributed by atoms with E-state index in [0.29, 0.717) is 0 Å². The summed E-state index contributed by atoms with van der Waals surface area (Å²) in [5.41, 5.74) is 0. The van der Waals surface area contributed by atoms with E-state index in [9.17, 15) is 0 Å². The molecule has 1 unspecified atom stereocenters. The van der Waals surface area contributed by atoms with E-state index in [1.807, 2.05) is 6.92 Å². The van der Waals surface area contributed by atoms with Gasteiger partial charge in [-0.2, -0.15) is 17.0 Å². The van der Waals surface area contributed by atoms with Gasteiger partial charge in [-0.05, 0) is 13.2 Å². The molecule has 0 aromatic carbocycles. The molecule has 0 heterocycles. The van der Waals surface area contributed by atoms with Crippen LogP contribution in [0.4, 0.5) is 0 Å². The molecule has 0 rings (SSSR count). The standard InChI is InChI=1S/C6H12N2S/c1-6(5-7)8-3-4-9-2/h6,8H,3-4H2,1-2H3. The predicted molar refractivity (Wildman–Crippen MR) is 41.5 cm³/mol. The molecule has 0 aliphatic carbocycles. The van der Waals surface area contributed by atoms with Gasteiger partial charge in [-0.3, -0.25) is 0 Å². The van der Waals surface area contributed by atoms with Gasteiger partial charge in [-0.15, -0.1) is 0 Å². The van der Waals surface area contributed by atoms with Crippen molar-refractivity contribution in [3.05, 3.63) is 0 Å². The van der Waals surface area contributed by atoms with E-state index in [1.165, 1.54) is 0 Å². The molecule has 9 heavy (non-hydrogen) atoms.